The van der Waals surface area contributed by atoms with E-state index in [4.69, 9.17) is 15.6 Å². The number of amides is 1. The number of hydrogen-bond acceptors (Lipinski definition) is 5. The van der Waals surface area contributed by atoms with E-state index in [0.717, 1.165) is 30.2 Å². The molecule has 0 saturated carbocycles. The first-order chi connectivity index (χ1) is 13.1. The van der Waals surface area contributed by atoms with Crippen LogP contribution in [0.25, 0.3) is 0 Å². The van der Waals surface area contributed by atoms with E-state index in [1.54, 1.807) is 30.2 Å². The second-order valence-electron chi connectivity index (χ2n) is 6.63. The number of anilines is 1. The molecule has 27 heavy (non-hydrogen) atoms. The monoisotopic (exact) mass is 365 g/mol. The van der Waals surface area contributed by atoms with E-state index in [1.165, 1.54) is 0 Å². The molecule has 0 aliphatic carbocycles. The van der Waals surface area contributed by atoms with Crippen molar-refractivity contribution in [2.75, 3.05) is 18.6 Å². The summed E-state index contributed by atoms with van der Waals surface area (Å²) < 4.78 is 5.24. The lowest BCUT2D eigenvalue weighted by atomic mass is 9.98. The number of hydrogen-bond donors (Lipinski definition) is 3. The maximum absolute atomic E-state index is 12.8. The van der Waals surface area contributed by atoms with Crippen molar-refractivity contribution in [3.05, 3.63) is 53.6 Å². The zero-order valence-corrected chi connectivity index (χ0v) is 15.2. The van der Waals surface area contributed by atoms with Crippen LogP contribution in [0.4, 0.5) is 5.69 Å². The smallest absolute Gasteiger partial charge is 0.230 e. The van der Waals surface area contributed by atoms with Crippen molar-refractivity contribution in [2.24, 2.45) is 5.92 Å². The molecule has 0 aromatic heterocycles. The highest BCUT2D eigenvalue weighted by Gasteiger charge is 2.33. The quantitative estimate of drug-likeness (QED) is 0.656. The summed E-state index contributed by atoms with van der Waals surface area (Å²) in [5.41, 5.74) is 2.19. The van der Waals surface area contributed by atoms with Gasteiger partial charge in [0.2, 0.25) is 5.91 Å². The molecule has 1 saturated heterocycles. The Morgan fingerprint density at radius 2 is 2.04 bits per heavy atom. The molecule has 140 valence electrons. The first-order valence-corrected chi connectivity index (χ1v) is 8.85. The molecule has 0 spiro atoms. The van der Waals surface area contributed by atoms with Crippen LogP contribution in [0.1, 0.15) is 23.5 Å². The molecule has 6 heteroatoms. The van der Waals surface area contributed by atoms with Crippen LogP contribution in [-0.4, -0.2) is 37.1 Å². The van der Waals surface area contributed by atoms with Crippen molar-refractivity contribution < 1.29 is 14.6 Å². The molecule has 0 bridgehead atoms. The van der Waals surface area contributed by atoms with Crippen LogP contribution in [0.5, 0.6) is 11.5 Å². The molecule has 2 aromatic carbocycles. The van der Waals surface area contributed by atoms with Gasteiger partial charge in [0.25, 0.3) is 0 Å². The van der Waals surface area contributed by atoms with E-state index >= 15 is 0 Å². The first kappa shape index (κ1) is 18.6. The summed E-state index contributed by atoms with van der Waals surface area (Å²) in [6.45, 7) is 0.602. The maximum Gasteiger partial charge on any atom is 0.230 e. The summed E-state index contributed by atoms with van der Waals surface area (Å²) in [7, 11) is 1.62. The average molecular weight is 365 g/mol. The van der Waals surface area contributed by atoms with Gasteiger partial charge in [0.15, 0.2) is 0 Å². The lowest BCUT2D eigenvalue weighted by molar-refractivity contribution is -0.120. The minimum absolute atomic E-state index is 0.00598. The van der Waals surface area contributed by atoms with Crippen molar-refractivity contribution in [1.29, 1.82) is 10.8 Å². The average Bonchev–Trinajstić information content (AvgIpc) is 3.04. The Morgan fingerprint density at radius 1 is 1.26 bits per heavy atom. The fraction of sp³-hybridized carbons (Fsp3) is 0.286. The number of nitrogens with one attached hydrogen (secondary N) is 2. The lowest BCUT2D eigenvalue weighted by Gasteiger charge is -2.19. The number of carbonyl (C=O) groups is 1. The number of rotatable bonds is 7. The third-order valence-corrected chi connectivity index (χ3v) is 4.98. The van der Waals surface area contributed by atoms with Gasteiger partial charge in [-0.3, -0.25) is 4.79 Å². The Hall–Kier alpha value is -3.15. The fourth-order valence-corrected chi connectivity index (χ4v) is 3.48. The Morgan fingerprint density at radius 3 is 2.70 bits per heavy atom. The normalized spacial score (nSPS) is 17.6. The number of aromatic hydroxyl groups is 1. The van der Waals surface area contributed by atoms with E-state index in [0.29, 0.717) is 24.2 Å². The molecule has 1 aliphatic rings. The Kier molecular flexibility index (Phi) is 5.54. The number of benzene rings is 2. The summed E-state index contributed by atoms with van der Waals surface area (Å²) in [5, 5.41) is 25.0. The second kappa shape index (κ2) is 8.03. The molecule has 3 rings (SSSR count). The molecule has 1 fully saturated rings. The number of phenolic OH excluding ortho intramolecular Hbond substituents is 1. The SMILES string of the molecule is COc1cccc(CC2CCN(c3ccc(C(C=N)C=N)c(O)c3)C2=O)c1. The molecule has 3 N–H and O–H groups in total. The van der Waals surface area contributed by atoms with Gasteiger partial charge in [-0.15, -0.1) is 0 Å². The topological polar surface area (TPSA) is 97.5 Å². The Balaban J connectivity index is 1.75. The van der Waals surface area contributed by atoms with Gasteiger partial charge in [0, 0.05) is 42.2 Å². The van der Waals surface area contributed by atoms with Crippen LogP contribution < -0.4 is 9.64 Å². The molecular weight excluding hydrogens is 342 g/mol. The summed E-state index contributed by atoms with van der Waals surface area (Å²) in [6.07, 6.45) is 3.61. The second-order valence-corrected chi connectivity index (χ2v) is 6.63. The highest BCUT2D eigenvalue weighted by Crippen LogP contribution is 2.33. The van der Waals surface area contributed by atoms with E-state index in [1.807, 2.05) is 24.3 Å². The number of methoxy groups -OCH3 is 1. The third kappa shape index (κ3) is 3.84. The molecule has 1 heterocycles. The van der Waals surface area contributed by atoms with Gasteiger partial charge >= 0.3 is 0 Å². The van der Waals surface area contributed by atoms with Gasteiger partial charge in [0.1, 0.15) is 11.5 Å². The Labute approximate surface area is 158 Å². The van der Waals surface area contributed by atoms with Gasteiger partial charge in [0.05, 0.1) is 13.0 Å². The molecule has 2 aromatic rings. The van der Waals surface area contributed by atoms with E-state index in [2.05, 4.69) is 0 Å². The summed E-state index contributed by atoms with van der Waals surface area (Å²) in [6, 6.07) is 12.7. The van der Waals surface area contributed by atoms with Crippen molar-refractivity contribution in [1.82, 2.24) is 0 Å². The number of carbonyl (C=O) groups excluding carboxylic acids is 1. The zero-order valence-electron chi connectivity index (χ0n) is 15.2. The van der Waals surface area contributed by atoms with Gasteiger partial charge in [-0.1, -0.05) is 18.2 Å². The number of nitrogens with zero attached hydrogens (tertiary/aromatic N) is 1. The van der Waals surface area contributed by atoms with Crippen molar-refractivity contribution in [2.45, 2.75) is 18.8 Å². The molecule has 1 amide bonds. The van der Waals surface area contributed by atoms with Crippen LogP contribution in [0.15, 0.2) is 42.5 Å². The van der Waals surface area contributed by atoms with Gasteiger partial charge in [-0.05, 0) is 36.6 Å². The van der Waals surface area contributed by atoms with Gasteiger partial charge in [-0.2, -0.15) is 0 Å². The predicted octanol–water partition coefficient (Wildman–Crippen LogP) is 3.38. The molecule has 1 aliphatic heterocycles. The lowest BCUT2D eigenvalue weighted by Crippen LogP contribution is -2.27. The van der Waals surface area contributed by atoms with Crippen molar-refractivity contribution >= 4 is 24.0 Å². The van der Waals surface area contributed by atoms with E-state index in [9.17, 15) is 9.90 Å². The highest BCUT2D eigenvalue weighted by molar-refractivity contribution is 5.98. The molecule has 1 unspecified atom stereocenters. The summed E-state index contributed by atoms with van der Waals surface area (Å²) >= 11 is 0. The van der Waals surface area contributed by atoms with Crippen LogP contribution in [0, 0.1) is 16.7 Å². The number of phenols is 1. The Bertz CT molecular complexity index is 858. The van der Waals surface area contributed by atoms with Crippen LogP contribution in [0.2, 0.25) is 0 Å². The third-order valence-electron chi connectivity index (χ3n) is 4.98. The number of ether oxygens (including phenoxy) is 1. The predicted molar refractivity (Wildman–Crippen MR) is 106 cm³/mol. The summed E-state index contributed by atoms with van der Waals surface area (Å²) in [5.74, 6) is 0.153. The molecule has 6 nitrogen and oxygen atoms in total. The van der Waals surface area contributed by atoms with Crippen molar-refractivity contribution in [3.8, 4) is 11.5 Å². The van der Waals surface area contributed by atoms with Gasteiger partial charge < -0.3 is 25.6 Å². The van der Waals surface area contributed by atoms with Crippen LogP contribution >= 0.6 is 0 Å². The minimum atomic E-state index is -0.561. The standard InChI is InChI=1S/C21H23N3O3/c1-27-18-4-2-3-14(10-18)9-15-7-8-24(21(15)26)17-5-6-19(20(25)11-17)16(12-22)13-23/h2-6,10-13,15-16,22-23,25H,7-9H2,1H3. The molecule has 1 atom stereocenters. The van der Waals surface area contributed by atoms with E-state index in [-0.39, 0.29) is 17.6 Å². The minimum Gasteiger partial charge on any atom is -0.508 e. The molecule has 0 radical (unpaired) electrons. The van der Waals surface area contributed by atoms with Crippen LogP contribution in [0.3, 0.4) is 0 Å². The van der Waals surface area contributed by atoms with Gasteiger partial charge in [-0.25, -0.2) is 0 Å². The summed E-state index contributed by atoms with van der Waals surface area (Å²) in [4.78, 5) is 14.5. The highest BCUT2D eigenvalue weighted by atomic mass is 16.5. The fourth-order valence-electron chi connectivity index (χ4n) is 3.48. The largest absolute Gasteiger partial charge is 0.508 e. The zero-order chi connectivity index (χ0) is 19.4. The maximum atomic E-state index is 12.8. The van der Waals surface area contributed by atoms with E-state index < -0.39 is 5.92 Å². The first-order valence-electron chi connectivity index (χ1n) is 8.85. The molecular formula is C21H23N3O3. The van der Waals surface area contributed by atoms with Crippen LogP contribution in [-0.2, 0) is 11.2 Å². The van der Waals surface area contributed by atoms with Crippen molar-refractivity contribution in [3.63, 3.8) is 0 Å².